The van der Waals surface area contributed by atoms with E-state index in [1.807, 2.05) is 48.6 Å². The molecule has 28 heavy (non-hydrogen) atoms. The zero-order chi connectivity index (χ0) is 18.5. The Morgan fingerprint density at radius 1 is 0.786 bits per heavy atom. The van der Waals surface area contributed by atoms with Gasteiger partial charge in [0.25, 0.3) is 0 Å². The Bertz CT molecular complexity index is 1350. The van der Waals surface area contributed by atoms with Crippen LogP contribution < -0.4 is 0 Å². The molecule has 134 valence electrons. The molecule has 1 N–H and O–H groups in total. The average molecular weight is 366 g/mol. The van der Waals surface area contributed by atoms with E-state index in [1.54, 1.807) is 12.5 Å². The molecule has 0 saturated carbocycles. The Hall–Kier alpha value is -3.93. The molecule has 0 unspecified atom stereocenters. The van der Waals surface area contributed by atoms with Crippen LogP contribution in [0.3, 0.4) is 0 Å². The van der Waals surface area contributed by atoms with Crippen molar-refractivity contribution in [3.63, 3.8) is 0 Å². The van der Waals surface area contributed by atoms with E-state index in [1.165, 1.54) is 0 Å². The highest BCUT2D eigenvalue weighted by Crippen LogP contribution is 2.34. The number of allylic oxidation sites excluding steroid dienone is 4. The summed E-state index contributed by atoms with van der Waals surface area (Å²) in [4.78, 5) is 17.9. The predicted molar refractivity (Wildman–Crippen MR) is 106 cm³/mol. The molecule has 0 bridgehead atoms. The first-order valence-electron chi connectivity index (χ1n) is 9.00. The molecule has 0 spiro atoms. The maximum atomic E-state index is 5.63. The first-order valence-corrected chi connectivity index (χ1v) is 9.00. The highest BCUT2D eigenvalue weighted by molar-refractivity contribution is 6.01. The summed E-state index contributed by atoms with van der Waals surface area (Å²) >= 11 is 0. The summed E-state index contributed by atoms with van der Waals surface area (Å²) in [6, 6.07) is 11.4. The van der Waals surface area contributed by atoms with Crippen LogP contribution in [-0.2, 0) is 0 Å². The molecule has 0 aliphatic heterocycles. The average Bonchev–Trinajstić information content (AvgIpc) is 3.52. The maximum absolute atomic E-state index is 5.63. The largest absolute Gasteiger partial charge is 0.463 e. The predicted octanol–water partition coefficient (Wildman–Crippen LogP) is 5.24. The van der Waals surface area contributed by atoms with Gasteiger partial charge in [-0.15, -0.1) is 0 Å². The quantitative estimate of drug-likeness (QED) is 0.472. The lowest BCUT2D eigenvalue weighted by Gasteiger charge is -2.08. The van der Waals surface area contributed by atoms with E-state index in [9.17, 15) is 0 Å². The second-order valence-corrected chi connectivity index (χ2v) is 6.62. The lowest BCUT2D eigenvalue weighted by molar-refractivity contribution is 0.572. The summed E-state index contributed by atoms with van der Waals surface area (Å²) in [5.74, 6) is 2.24. The summed E-state index contributed by atoms with van der Waals surface area (Å²) in [5.41, 5.74) is 4.64. The number of nitrogens with zero attached hydrogens (tertiary/aromatic N) is 3. The molecule has 4 heterocycles. The van der Waals surface area contributed by atoms with E-state index < -0.39 is 0 Å². The number of nitrogens with one attached hydrogen (secondary N) is 1. The van der Waals surface area contributed by atoms with Crippen LogP contribution in [0.15, 0.2) is 82.1 Å². The highest BCUT2D eigenvalue weighted by atomic mass is 16.3. The van der Waals surface area contributed by atoms with Gasteiger partial charge in [0.15, 0.2) is 11.5 Å². The maximum Gasteiger partial charge on any atom is 0.154 e. The SMILES string of the molecule is C1=CC(c2nc3ccc4[nH]c(-c5ccco5)c(-c5ccco5)nc4c3n2)C=C1. The first kappa shape index (κ1) is 15.2. The van der Waals surface area contributed by atoms with Crippen LogP contribution in [0.25, 0.3) is 45.0 Å². The van der Waals surface area contributed by atoms with Gasteiger partial charge in [-0.2, -0.15) is 0 Å². The molecule has 0 amide bonds. The van der Waals surface area contributed by atoms with Crippen LogP contribution in [0.4, 0.5) is 0 Å². The van der Waals surface area contributed by atoms with Gasteiger partial charge in [-0.25, -0.2) is 15.0 Å². The minimum Gasteiger partial charge on any atom is -0.463 e. The van der Waals surface area contributed by atoms with Crippen molar-refractivity contribution in [3.05, 3.63) is 79.1 Å². The molecule has 1 aliphatic rings. The fourth-order valence-corrected chi connectivity index (χ4v) is 3.55. The van der Waals surface area contributed by atoms with E-state index >= 15 is 0 Å². The van der Waals surface area contributed by atoms with Crippen LogP contribution in [0.1, 0.15) is 11.7 Å². The normalized spacial score (nSPS) is 14.0. The van der Waals surface area contributed by atoms with Crippen molar-refractivity contribution in [1.29, 1.82) is 0 Å². The second-order valence-electron chi connectivity index (χ2n) is 6.62. The Labute approximate surface area is 159 Å². The number of aromatic amines is 1. The molecule has 0 atom stereocenters. The third-order valence-corrected chi connectivity index (χ3v) is 4.88. The fraction of sp³-hybridized carbons (Fsp3) is 0.0455. The topological polar surface area (TPSA) is 80.7 Å². The van der Waals surface area contributed by atoms with E-state index in [0.29, 0.717) is 17.2 Å². The van der Waals surface area contributed by atoms with Crippen LogP contribution in [0, 0.1) is 0 Å². The van der Waals surface area contributed by atoms with Gasteiger partial charge in [0.05, 0.1) is 29.5 Å². The molecule has 6 rings (SSSR count). The Morgan fingerprint density at radius 2 is 1.57 bits per heavy atom. The summed E-state index contributed by atoms with van der Waals surface area (Å²) in [6.07, 6.45) is 11.5. The molecular formula is C22H14N4O2. The van der Waals surface area contributed by atoms with Gasteiger partial charge in [-0.3, -0.25) is 0 Å². The van der Waals surface area contributed by atoms with Crippen molar-refractivity contribution < 1.29 is 8.83 Å². The molecule has 1 aromatic carbocycles. The van der Waals surface area contributed by atoms with Crippen molar-refractivity contribution in [2.45, 2.75) is 5.92 Å². The van der Waals surface area contributed by atoms with Crippen LogP contribution in [-0.4, -0.2) is 19.9 Å². The highest BCUT2D eigenvalue weighted by Gasteiger charge is 2.20. The summed E-state index contributed by atoms with van der Waals surface area (Å²) < 4.78 is 11.2. The van der Waals surface area contributed by atoms with Crippen molar-refractivity contribution in [2.75, 3.05) is 0 Å². The first-order chi connectivity index (χ1) is 13.9. The minimum atomic E-state index is 0.110. The Morgan fingerprint density at radius 3 is 2.32 bits per heavy atom. The number of rotatable bonds is 3. The molecule has 6 nitrogen and oxygen atoms in total. The standard InChI is InChI=1S/C22H14N4O2/c1-2-6-13(5-1)22-24-15-10-9-14-18(19(15)26-22)25-21(17-8-4-12-28-17)20(23-14)16-7-3-11-27-16/h1-13,23H. The van der Waals surface area contributed by atoms with E-state index in [0.717, 1.165) is 33.6 Å². The van der Waals surface area contributed by atoms with E-state index in [4.69, 9.17) is 23.8 Å². The number of benzene rings is 1. The van der Waals surface area contributed by atoms with Crippen molar-refractivity contribution >= 4 is 22.1 Å². The van der Waals surface area contributed by atoms with Crippen LogP contribution in [0.2, 0.25) is 0 Å². The third-order valence-electron chi connectivity index (χ3n) is 4.88. The Balaban J connectivity index is 1.64. The molecular weight excluding hydrogens is 352 g/mol. The van der Waals surface area contributed by atoms with Crippen molar-refractivity contribution in [3.8, 4) is 22.9 Å². The number of hydrogen-bond donors (Lipinski definition) is 1. The van der Waals surface area contributed by atoms with E-state index in [-0.39, 0.29) is 5.92 Å². The number of aromatic nitrogens is 4. The molecule has 0 saturated heterocycles. The molecule has 4 aromatic heterocycles. The van der Waals surface area contributed by atoms with Gasteiger partial charge in [0, 0.05) is 0 Å². The summed E-state index contributed by atoms with van der Waals surface area (Å²) in [7, 11) is 0. The van der Waals surface area contributed by atoms with Gasteiger partial charge in [0.1, 0.15) is 28.2 Å². The number of imidazole rings is 1. The summed E-state index contributed by atoms with van der Waals surface area (Å²) in [5, 5.41) is 0. The molecule has 1 aliphatic carbocycles. The molecule has 0 fully saturated rings. The lowest BCUT2D eigenvalue weighted by Crippen LogP contribution is -1.95. The molecule has 0 radical (unpaired) electrons. The van der Waals surface area contributed by atoms with Gasteiger partial charge in [-0.05, 0) is 36.4 Å². The lowest BCUT2D eigenvalue weighted by atomic mass is 10.1. The van der Waals surface area contributed by atoms with Crippen molar-refractivity contribution in [2.24, 2.45) is 0 Å². The fourth-order valence-electron chi connectivity index (χ4n) is 3.55. The Kier molecular flexibility index (Phi) is 3.13. The zero-order valence-corrected chi connectivity index (χ0v) is 14.7. The minimum absolute atomic E-state index is 0.110. The number of hydrogen-bond acceptors (Lipinski definition) is 5. The van der Waals surface area contributed by atoms with E-state index in [2.05, 4.69) is 17.1 Å². The van der Waals surface area contributed by atoms with Gasteiger partial charge < -0.3 is 13.8 Å². The van der Waals surface area contributed by atoms with Gasteiger partial charge in [-0.1, -0.05) is 24.3 Å². The summed E-state index contributed by atoms with van der Waals surface area (Å²) in [6.45, 7) is 0. The number of fused-ring (bicyclic) bond motifs is 3. The molecule has 6 heteroatoms. The number of H-pyrrole nitrogens is 1. The monoisotopic (exact) mass is 366 g/mol. The number of furan rings is 2. The molecule has 5 aromatic rings. The van der Waals surface area contributed by atoms with Crippen molar-refractivity contribution in [1.82, 2.24) is 19.9 Å². The second kappa shape index (κ2) is 5.79. The smallest absolute Gasteiger partial charge is 0.154 e. The zero-order valence-electron chi connectivity index (χ0n) is 14.7. The van der Waals surface area contributed by atoms with Crippen LogP contribution >= 0.6 is 0 Å². The van der Waals surface area contributed by atoms with Gasteiger partial charge in [0.2, 0.25) is 0 Å². The van der Waals surface area contributed by atoms with Crippen LogP contribution in [0.5, 0.6) is 0 Å². The van der Waals surface area contributed by atoms with Gasteiger partial charge >= 0.3 is 0 Å². The third kappa shape index (κ3) is 2.24.